The zero-order valence-corrected chi connectivity index (χ0v) is 11.0. The molecule has 0 radical (unpaired) electrons. The molecule has 0 aliphatic carbocycles. The first kappa shape index (κ1) is 13.3. The van der Waals surface area contributed by atoms with Gasteiger partial charge < -0.3 is 4.57 Å². The Morgan fingerprint density at radius 2 is 2.05 bits per heavy atom. The van der Waals surface area contributed by atoms with Gasteiger partial charge in [-0.3, -0.25) is 10.0 Å². The van der Waals surface area contributed by atoms with Crippen molar-refractivity contribution in [2.24, 2.45) is 0 Å². The van der Waals surface area contributed by atoms with Crippen molar-refractivity contribution in [2.75, 3.05) is 0 Å². The quantitative estimate of drug-likeness (QED) is 0.573. The zero-order valence-electron chi connectivity index (χ0n) is 11.0. The second-order valence-electron chi connectivity index (χ2n) is 4.59. The third-order valence-corrected chi connectivity index (χ3v) is 3.24. The number of amides is 1. The highest BCUT2D eigenvalue weighted by atomic mass is 19.1. The number of hydroxylamine groups is 1. The lowest BCUT2D eigenvalue weighted by Crippen LogP contribution is -2.20. The molecule has 0 bridgehead atoms. The summed E-state index contributed by atoms with van der Waals surface area (Å²) in [6.07, 6.45) is 1.78. The number of nitrogens with zero attached hydrogens (tertiary/aromatic N) is 2. The van der Waals surface area contributed by atoms with Gasteiger partial charge >= 0.3 is 0 Å². The molecule has 1 amide bonds. The Morgan fingerprint density at radius 3 is 2.81 bits per heavy atom. The van der Waals surface area contributed by atoms with Gasteiger partial charge in [0.25, 0.3) is 5.91 Å². The van der Waals surface area contributed by atoms with E-state index in [0.29, 0.717) is 17.8 Å². The summed E-state index contributed by atoms with van der Waals surface area (Å²) in [5, 5.41) is 9.49. The minimum atomic E-state index is -0.685. The Bertz CT molecular complexity index is 814. The van der Waals surface area contributed by atoms with Crippen molar-refractivity contribution < 1.29 is 14.4 Å². The number of carbonyl (C=O) groups is 1. The molecule has 0 atom stereocenters. The fraction of sp³-hybridized carbons (Fsp3) is 0.0667. The van der Waals surface area contributed by atoms with Crippen LogP contribution in [0.2, 0.25) is 0 Å². The molecule has 3 rings (SSSR count). The summed E-state index contributed by atoms with van der Waals surface area (Å²) in [6.45, 7) is 0.313. The smallest absolute Gasteiger partial charge is 0.293 e. The van der Waals surface area contributed by atoms with E-state index in [2.05, 4.69) is 4.98 Å². The van der Waals surface area contributed by atoms with Gasteiger partial charge in [-0.05, 0) is 24.3 Å². The maximum absolute atomic E-state index is 13.7. The van der Waals surface area contributed by atoms with E-state index in [1.807, 2.05) is 6.07 Å². The van der Waals surface area contributed by atoms with E-state index in [-0.39, 0.29) is 11.5 Å². The van der Waals surface area contributed by atoms with Crippen molar-refractivity contribution in [1.29, 1.82) is 0 Å². The first-order valence-electron chi connectivity index (χ1n) is 6.33. The first-order chi connectivity index (χ1) is 10.2. The van der Waals surface area contributed by atoms with Gasteiger partial charge in [-0.1, -0.05) is 18.2 Å². The molecule has 3 aromatic rings. The summed E-state index contributed by atoms with van der Waals surface area (Å²) in [5.41, 5.74) is 2.73. The van der Waals surface area contributed by atoms with E-state index in [1.165, 1.54) is 12.1 Å². The Kier molecular flexibility index (Phi) is 3.37. The van der Waals surface area contributed by atoms with E-state index >= 15 is 0 Å². The molecule has 2 aromatic heterocycles. The molecule has 0 spiro atoms. The molecule has 1 aromatic carbocycles. The van der Waals surface area contributed by atoms with Gasteiger partial charge in [0, 0.05) is 17.1 Å². The van der Waals surface area contributed by atoms with Crippen molar-refractivity contribution in [2.45, 2.75) is 6.54 Å². The van der Waals surface area contributed by atoms with Crippen LogP contribution in [0.5, 0.6) is 0 Å². The largest absolute Gasteiger partial charge is 0.328 e. The lowest BCUT2D eigenvalue weighted by atomic mass is 10.2. The Hall–Kier alpha value is -2.73. The molecule has 0 fully saturated rings. The number of fused-ring (bicyclic) bond motifs is 1. The normalized spacial score (nSPS) is 10.8. The molecule has 0 aliphatic heterocycles. The standard InChI is InChI=1S/C15H12FN3O2/c16-12-4-2-1-3-11(12)9-19-8-7-10-5-6-13(15(20)18-21)17-14(10)19/h1-8,21H,9H2,(H,18,20). The summed E-state index contributed by atoms with van der Waals surface area (Å²) in [7, 11) is 0. The van der Waals surface area contributed by atoms with E-state index in [9.17, 15) is 9.18 Å². The molecule has 0 unspecified atom stereocenters. The number of rotatable bonds is 3. The zero-order chi connectivity index (χ0) is 14.8. The number of hydrogen-bond acceptors (Lipinski definition) is 3. The van der Waals surface area contributed by atoms with Gasteiger partial charge in [0.05, 0.1) is 6.54 Å². The predicted octanol–water partition coefficient (Wildman–Crippen LogP) is 2.34. The van der Waals surface area contributed by atoms with Crippen LogP contribution >= 0.6 is 0 Å². The fourth-order valence-corrected chi connectivity index (χ4v) is 2.18. The van der Waals surface area contributed by atoms with Gasteiger partial charge in [-0.15, -0.1) is 0 Å². The monoisotopic (exact) mass is 285 g/mol. The van der Waals surface area contributed by atoms with E-state index < -0.39 is 5.91 Å². The Balaban J connectivity index is 2.03. The van der Waals surface area contributed by atoms with Gasteiger partial charge in [0.2, 0.25) is 0 Å². The number of aromatic nitrogens is 2. The number of halogens is 1. The van der Waals surface area contributed by atoms with Crippen molar-refractivity contribution in [1.82, 2.24) is 15.0 Å². The number of pyridine rings is 1. The second kappa shape index (κ2) is 5.34. The Morgan fingerprint density at radius 1 is 1.24 bits per heavy atom. The SMILES string of the molecule is O=C(NO)c1ccc2ccn(Cc3ccccc3F)c2n1. The van der Waals surface area contributed by atoms with Crippen LogP contribution in [0.4, 0.5) is 4.39 Å². The minimum Gasteiger partial charge on any atom is -0.328 e. The van der Waals surface area contributed by atoms with Crippen LogP contribution in [0.3, 0.4) is 0 Å². The van der Waals surface area contributed by atoms with Crippen LogP contribution in [-0.2, 0) is 6.54 Å². The molecule has 5 nitrogen and oxygen atoms in total. The van der Waals surface area contributed by atoms with Gasteiger partial charge in [-0.25, -0.2) is 14.9 Å². The number of hydrogen-bond donors (Lipinski definition) is 2. The van der Waals surface area contributed by atoms with E-state index in [4.69, 9.17) is 5.21 Å². The predicted molar refractivity (Wildman–Crippen MR) is 74.5 cm³/mol. The molecule has 21 heavy (non-hydrogen) atoms. The van der Waals surface area contributed by atoms with Gasteiger partial charge in [0.15, 0.2) is 0 Å². The van der Waals surface area contributed by atoms with Crippen LogP contribution in [0.25, 0.3) is 11.0 Å². The molecule has 0 saturated carbocycles. The summed E-state index contributed by atoms with van der Waals surface area (Å²) < 4.78 is 15.5. The summed E-state index contributed by atoms with van der Waals surface area (Å²) >= 11 is 0. The number of nitrogens with one attached hydrogen (secondary N) is 1. The Labute approximate surface area is 119 Å². The first-order valence-corrected chi connectivity index (χ1v) is 6.33. The third kappa shape index (κ3) is 2.48. The van der Waals surface area contributed by atoms with Crippen LogP contribution < -0.4 is 5.48 Å². The maximum Gasteiger partial charge on any atom is 0.293 e. The topological polar surface area (TPSA) is 67.2 Å². The van der Waals surface area contributed by atoms with Crippen LogP contribution in [0.1, 0.15) is 16.1 Å². The van der Waals surface area contributed by atoms with Crippen LogP contribution in [0.15, 0.2) is 48.7 Å². The van der Waals surface area contributed by atoms with Gasteiger partial charge in [-0.2, -0.15) is 0 Å². The lowest BCUT2D eigenvalue weighted by molar-refractivity contribution is 0.0701. The maximum atomic E-state index is 13.7. The van der Waals surface area contributed by atoms with Crippen molar-refractivity contribution >= 4 is 16.9 Å². The average Bonchev–Trinajstić information content (AvgIpc) is 2.91. The summed E-state index contributed by atoms with van der Waals surface area (Å²) in [6, 6.07) is 11.6. The molecule has 0 saturated heterocycles. The molecular formula is C15H12FN3O2. The minimum absolute atomic E-state index is 0.0958. The fourth-order valence-electron chi connectivity index (χ4n) is 2.18. The van der Waals surface area contributed by atoms with Crippen molar-refractivity contribution in [3.63, 3.8) is 0 Å². The van der Waals surface area contributed by atoms with Crippen molar-refractivity contribution in [3.05, 3.63) is 65.7 Å². The molecule has 2 N–H and O–H groups in total. The lowest BCUT2D eigenvalue weighted by Gasteiger charge is -2.07. The van der Waals surface area contributed by atoms with Crippen LogP contribution in [0, 0.1) is 5.82 Å². The molecule has 6 heteroatoms. The summed E-state index contributed by atoms with van der Waals surface area (Å²) in [4.78, 5) is 15.6. The number of benzene rings is 1. The van der Waals surface area contributed by atoms with Gasteiger partial charge in [0.1, 0.15) is 17.2 Å². The highest BCUT2D eigenvalue weighted by Crippen LogP contribution is 2.17. The third-order valence-electron chi connectivity index (χ3n) is 3.24. The van der Waals surface area contributed by atoms with Crippen molar-refractivity contribution in [3.8, 4) is 0 Å². The molecule has 2 heterocycles. The molecule has 106 valence electrons. The molecule has 0 aliphatic rings. The highest BCUT2D eigenvalue weighted by Gasteiger charge is 2.10. The average molecular weight is 285 g/mol. The second-order valence-corrected chi connectivity index (χ2v) is 4.59. The highest BCUT2D eigenvalue weighted by molar-refractivity contribution is 5.93. The molecular weight excluding hydrogens is 273 g/mol. The van der Waals surface area contributed by atoms with Crippen LogP contribution in [-0.4, -0.2) is 20.7 Å². The summed E-state index contributed by atoms with van der Waals surface area (Å²) in [5.74, 6) is -0.973. The van der Waals surface area contributed by atoms with E-state index in [1.54, 1.807) is 40.5 Å². The number of carbonyl (C=O) groups excluding carboxylic acids is 1. The van der Waals surface area contributed by atoms with E-state index in [0.717, 1.165) is 5.39 Å².